The number of nitrogens with two attached hydrogens (primary N) is 1. The molecule has 0 saturated heterocycles. The minimum absolute atomic E-state index is 0.220. The summed E-state index contributed by atoms with van der Waals surface area (Å²) in [5.74, 6) is 0. The summed E-state index contributed by atoms with van der Waals surface area (Å²) in [5.41, 5.74) is 8.09. The molecule has 3 rings (SSSR count). The summed E-state index contributed by atoms with van der Waals surface area (Å²) in [4.78, 5) is 0.220. The molecule has 0 radical (unpaired) electrons. The molecule has 5 heteroatoms. The molecule has 0 amide bonds. The van der Waals surface area contributed by atoms with E-state index in [4.69, 9.17) is 5.73 Å². The van der Waals surface area contributed by atoms with Gasteiger partial charge in [-0.15, -0.1) is 0 Å². The highest BCUT2D eigenvalue weighted by Crippen LogP contribution is 2.28. The van der Waals surface area contributed by atoms with Crippen LogP contribution >= 0.6 is 0 Å². The van der Waals surface area contributed by atoms with E-state index in [0.29, 0.717) is 16.8 Å². The third kappa shape index (κ3) is 2.63. The molecule has 0 heterocycles. The number of nitrogens with one attached hydrogen (secondary N) is 1. The fraction of sp³-hybridized carbons (Fsp3) is 0.0588. The highest BCUT2D eigenvalue weighted by Gasteiger charge is 2.17. The van der Waals surface area contributed by atoms with Crippen LogP contribution in [0, 0.1) is 6.92 Å². The van der Waals surface area contributed by atoms with Gasteiger partial charge in [-0.3, -0.25) is 4.72 Å². The maximum Gasteiger partial charge on any atom is 0.262 e. The van der Waals surface area contributed by atoms with E-state index in [1.165, 1.54) is 0 Å². The third-order valence-corrected chi connectivity index (χ3v) is 4.95. The molecule has 0 fully saturated rings. The Morgan fingerprint density at radius 3 is 2.23 bits per heavy atom. The van der Waals surface area contributed by atoms with E-state index in [-0.39, 0.29) is 4.90 Å². The average molecular weight is 312 g/mol. The largest absolute Gasteiger partial charge is 0.398 e. The highest BCUT2D eigenvalue weighted by atomic mass is 32.2. The van der Waals surface area contributed by atoms with Crippen LogP contribution in [0.1, 0.15) is 5.56 Å². The van der Waals surface area contributed by atoms with Gasteiger partial charge in [0.25, 0.3) is 10.0 Å². The molecule has 0 spiro atoms. The zero-order valence-corrected chi connectivity index (χ0v) is 12.9. The van der Waals surface area contributed by atoms with Gasteiger partial charge in [-0.25, -0.2) is 8.42 Å². The van der Waals surface area contributed by atoms with Gasteiger partial charge in [0.1, 0.15) is 0 Å². The number of rotatable bonds is 3. The molecule has 0 aliphatic rings. The molecule has 3 N–H and O–H groups in total. The molecule has 0 aliphatic heterocycles. The minimum Gasteiger partial charge on any atom is -0.398 e. The molecule has 0 unspecified atom stereocenters. The third-order valence-electron chi connectivity index (χ3n) is 3.51. The van der Waals surface area contributed by atoms with Gasteiger partial charge in [-0.1, -0.05) is 42.0 Å². The molecule has 0 bridgehead atoms. The number of aryl methyl sites for hydroxylation is 1. The van der Waals surface area contributed by atoms with Crippen molar-refractivity contribution in [1.29, 1.82) is 0 Å². The molecule has 112 valence electrons. The maximum absolute atomic E-state index is 12.7. The number of hydrogen-bond donors (Lipinski definition) is 2. The number of nitrogen functional groups attached to an aromatic ring is 1. The van der Waals surface area contributed by atoms with E-state index < -0.39 is 10.0 Å². The summed E-state index contributed by atoms with van der Waals surface area (Å²) in [6.45, 7) is 1.95. The van der Waals surface area contributed by atoms with E-state index in [0.717, 1.165) is 10.9 Å². The molecule has 3 aromatic rings. The number of sulfonamides is 1. The predicted molar refractivity (Wildman–Crippen MR) is 90.3 cm³/mol. The number of hydrogen-bond acceptors (Lipinski definition) is 3. The fourth-order valence-corrected chi connectivity index (χ4v) is 3.65. The maximum atomic E-state index is 12.7. The van der Waals surface area contributed by atoms with Crippen LogP contribution in [-0.2, 0) is 10.0 Å². The van der Waals surface area contributed by atoms with Gasteiger partial charge in [0.2, 0.25) is 0 Å². The van der Waals surface area contributed by atoms with Crippen molar-refractivity contribution in [3.05, 3.63) is 66.2 Å². The van der Waals surface area contributed by atoms with Gasteiger partial charge in [0.15, 0.2) is 0 Å². The molecule has 0 saturated carbocycles. The lowest BCUT2D eigenvalue weighted by Crippen LogP contribution is -2.13. The highest BCUT2D eigenvalue weighted by molar-refractivity contribution is 7.93. The van der Waals surface area contributed by atoms with E-state index in [9.17, 15) is 8.42 Å². The Hall–Kier alpha value is -2.53. The summed E-state index contributed by atoms with van der Waals surface area (Å²) in [7, 11) is -3.68. The first-order valence-corrected chi connectivity index (χ1v) is 8.32. The zero-order chi connectivity index (χ0) is 15.7. The van der Waals surface area contributed by atoms with Crippen molar-refractivity contribution < 1.29 is 8.42 Å². The van der Waals surface area contributed by atoms with E-state index >= 15 is 0 Å². The van der Waals surface area contributed by atoms with Crippen LogP contribution in [-0.4, -0.2) is 8.42 Å². The van der Waals surface area contributed by atoms with Crippen molar-refractivity contribution in [2.24, 2.45) is 0 Å². The van der Waals surface area contributed by atoms with Crippen molar-refractivity contribution >= 4 is 32.2 Å². The van der Waals surface area contributed by atoms with E-state index in [1.807, 2.05) is 25.1 Å². The summed E-state index contributed by atoms with van der Waals surface area (Å²) >= 11 is 0. The number of fused-ring (bicyclic) bond motifs is 1. The average Bonchev–Trinajstić information content (AvgIpc) is 2.49. The van der Waals surface area contributed by atoms with Crippen molar-refractivity contribution in [3.8, 4) is 0 Å². The Bertz CT molecular complexity index is 933. The van der Waals surface area contributed by atoms with Crippen molar-refractivity contribution in [2.45, 2.75) is 11.8 Å². The smallest absolute Gasteiger partial charge is 0.262 e. The van der Waals surface area contributed by atoms with Crippen LogP contribution in [0.3, 0.4) is 0 Å². The Labute approximate surface area is 129 Å². The Balaban J connectivity index is 2.09. The molecular weight excluding hydrogens is 296 g/mol. The van der Waals surface area contributed by atoms with Gasteiger partial charge in [0.05, 0.1) is 4.90 Å². The second kappa shape index (κ2) is 5.35. The first kappa shape index (κ1) is 14.4. The Morgan fingerprint density at radius 2 is 1.50 bits per heavy atom. The second-order valence-corrected chi connectivity index (χ2v) is 6.82. The zero-order valence-electron chi connectivity index (χ0n) is 12.1. The molecule has 4 nitrogen and oxygen atoms in total. The van der Waals surface area contributed by atoms with Gasteiger partial charge in [-0.05, 0) is 31.2 Å². The normalized spacial score (nSPS) is 11.5. The number of anilines is 2. The quantitative estimate of drug-likeness (QED) is 0.727. The first-order valence-electron chi connectivity index (χ1n) is 6.84. The van der Waals surface area contributed by atoms with Gasteiger partial charge >= 0.3 is 0 Å². The van der Waals surface area contributed by atoms with Crippen LogP contribution in [0.15, 0.2) is 65.6 Å². The van der Waals surface area contributed by atoms with E-state index in [2.05, 4.69) is 4.72 Å². The van der Waals surface area contributed by atoms with Gasteiger partial charge < -0.3 is 5.73 Å². The predicted octanol–water partition coefficient (Wildman–Crippen LogP) is 3.53. The fourth-order valence-electron chi connectivity index (χ4n) is 2.37. The molecule has 0 aromatic heterocycles. The summed E-state index contributed by atoms with van der Waals surface area (Å²) < 4.78 is 27.9. The lowest BCUT2D eigenvalue weighted by molar-refractivity contribution is 0.602. The molecule has 3 aromatic carbocycles. The monoisotopic (exact) mass is 312 g/mol. The summed E-state index contributed by atoms with van der Waals surface area (Å²) in [6, 6.07) is 17.6. The standard InChI is InChI=1S/C17H16N2O2S/c1-12-8-10-13(11-9-12)19-22(20,21)17-7-3-4-14-15(17)5-2-6-16(14)18/h2-11,19H,18H2,1H3. The first-order chi connectivity index (χ1) is 10.5. The van der Waals surface area contributed by atoms with Crippen LogP contribution in [0.2, 0.25) is 0 Å². The molecular formula is C17H16N2O2S. The lowest BCUT2D eigenvalue weighted by atomic mass is 10.1. The Morgan fingerprint density at radius 1 is 0.864 bits per heavy atom. The topological polar surface area (TPSA) is 72.2 Å². The molecule has 22 heavy (non-hydrogen) atoms. The van der Waals surface area contributed by atoms with Crippen LogP contribution in [0.25, 0.3) is 10.8 Å². The summed E-state index contributed by atoms with van der Waals surface area (Å²) in [5, 5.41) is 1.34. The van der Waals surface area contributed by atoms with Gasteiger partial charge in [0, 0.05) is 22.1 Å². The van der Waals surface area contributed by atoms with Crippen LogP contribution < -0.4 is 10.5 Å². The second-order valence-electron chi connectivity index (χ2n) is 5.17. The molecule has 0 aliphatic carbocycles. The molecule has 0 atom stereocenters. The lowest BCUT2D eigenvalue weighted by Gasteiger charge is -2.11. The SMILES string of the molecule is Cc1ccc(NS(=O)(=O)c2cccc3c(N)cccc23)cc1. The number of benzene rings is 3. The van der Waals surface area contributed by atoms with E-state index in [1.54, 1.807) is 42.5 Å². The van der Waals surface area contributed by atoms with Crippen LogP contribution in [0.5, 0.6) is 0 Å². The van der Waals surface area contributed by atoms with Crippen molar-refractivity contribution in [1.82, 2.24) is 0 Å². The van der Waals surface area contributed by atoms with Gasteiger partial charge in [-0.2, -0.15) is 0 Å². The van der Waals surface area contributed by atoms with Crippen molar-refractivity contribution in [3.63, 3.8) is 0 Å². The summed E-state index contributed by atoms with van der Waals surface area (Å²) in [6.07, 6.45) is 0. The minimum atomic E-state index is -3.68. The van der Waals surface area contributed by atoms with Crippen LogP contribution in [0.4, 0.5) is 11.4 Å². The van der Waals surface area contributed by atoms with Crippen molar-refractivity contribution in [2.75, 3.05) is 10.5 Å². The Kier molecular flexibility index (Phi) is 3.50.